The third-order valence-corrected chi connectivity index (χ3v) is 3.34. The van der Waals surface area contributed by atoms with Crippen molar-refractivity contribution in [1.82, 2.24) is 0 Å². The number of carbonyl (C=O) groups is 1. The lowest BCUT2D eigenvalue weighted by Crippen LogP contribution is -2.09. The van der Waals surface area contributed by atoms with E-state index >= 15 is 0 Å². The molecule has 0 bridgehead atoms. The minimum Gasteiger partial charge on any atom is -0.454 e. The van der Waals surface area contributed by atoms with Crippen LogP contribution in [0.15, 0.2) is 54.6 Å². The van der Waals surface area contributed by atoms with E-state index < -0.39 is 0 Å². The Labute approximate surface area is 106 Å². The van der Waals surface area contributed by atoms with Gasteiger partial charge in [0, 0.05) is 0 Å². The molecule has 90 valence electrons. The summed E-state index contributed by atoms with van der Waals surface area (Å²) in [5.41, 5.74) is 3.06. The molecule has 2 nitrogen and oxygen atoms in total. The van der Waals surface area contributed by atoms with Crippen molar-refractivity contribution in [1.29, 1.82) is 0 Å². The van der Waals surface area contributed by atoms with Gasteiger partial charge in [0.1, 0.15) is 6.10 Å². The Kier molecular flexibility index (Phi) is 2.85. The highest BCUT2D eigenvalue weighted by atomic mass is 16.5. The van der Waals surface area contributed by atoms with Crippen molar-refractivity contribution in [3.63, 3.8) is 0 Å². The van der Waals surface area contributed by atoms with Crippen LogP contribution in [0.25, 0.3) is 0 Å². The first-order valence-corrected chi connectivity index (χ1v) is 6.18. The zero-order valence-electron chi connectivity index (χ0n) is 10.0. The summed E-state index contributed by atoms with van der Waals surface area (Å²) in [5.74, 6) is -0.239. The lowest BCUT2D eigenvalue weighted by molar-refractivity contribution is 0.0301. The van der Waals surface area contributed by atoms with Gasteiger partial charge in [0.2, 0.25) is 0 Å². The number of rotatable bonds is 2. The van der Waals surface area contributed by atoms with Gasteiger partial charge in [0.25, 0.3) is 0 Å². The number of ether oxygens (including phenoxy) is 1. The van der Waals surface area contributed by atoms with Crippen molar-refractivity contribution >= 4 is 5.97 Å². The maximum Gasteiger partial charge on any atom is 0.338 e. The monoisotopic (exact) mass is 238 g/mol. The van der Waals surface area contributed by atoms with Gasteiger partial charge < -0.3 is 4.74 Å². The molecule has 0 fully saturated rings. The van der Waals surface area contributed by atoms with E-state index in [0.717, 1.165) is 18.4 Å². The molecular weight excluding hydrogens is 224 g/mol. The van der Waals surface area contributed by atoms with Crippen LogP contribution in [-0.2, 0) is 11.2 Å². The Morgan fingerprint density at radius 3 is 2.56 bits per heavy atom. The molecule has 1 aliphatic carbocycles. The summed E-state index contributed by atoms with van der Waals surface area (Å²) < 4.78 is 5.58. The van der Waals surface area contributed by atoms with Crippen molar-refractivity contribution in [2.75, 3.05) is 0 Å². The van der Waals surface area contributed by atoms with Crippen LogP contribution in [-0.4, -0.2) is 5.97 Å². The van der Waals surface area contributed by atoms with Crippen LogP contribution in [0.5, 0.6) is 0 Å². The summed E-state index contributed by atoms with van der Waals surface area (Å²) in [7, 11) is 0. The van der Waals surface area contributed by atoms with Crippen LogP contribution in [0.2, 0.25) is 0 Å². The zero-order valence-corrected chi connectivity index (χ0v) is 10.0. The number of carbonyl (C=O) groups excluding carboxylic acids is 1. The van der Waals surface area contributed by atoms with E-state index in [1.54, 1.807) is 12.1 Å². The third kappa shape index (κ3) is 2.02. The molecule has 2 aromatic rings. The molecular formula is C16H14O2. The van der Waals surface area contributed by atoms with Gasteiger partial charge in [-0.25, -0.2) is 4.79 Å². The summed E-state index contributed by atoms with van der Waals surface area (Å²) in [5, 5.41) is 0. The van der Waals surface area contributed by atoms with Gasteiger partial charge in [-0.3, -0.25) is 0 Å². The molecule has 2 aromatic carbocycles. The Bertz CT molecular complexity index is 560. The number of esters is 1. The van der Waals surface area contributed by atoms with E-state index in [1.165, 1.54) is 5.56 Å². The molecule has 0 saturated heterocycles. The molecule has 1 aliphatic rings. The molecule has 0 saturated carbocycles. The number of hydrogen-bond donors (Lipinski definition) is 0. The molecule has 0 amide bonds. The van der Waals surface area contributed by atoms with Gasteiger partial charge in [0.05, 0.1) is 5.56 Å². The van der Waals surface area contributed by atoms with E-state index in [2.05, 4.69) is 6.07 Å². The smallest absolute Gasteiger partial charge is 0.338 e. The summed E-state index contributed by atoms with van der Waals surface area (Å²) in [6.07, 6.45) is 1.79. The fourth-order valence-electron chi connectivity index (χ4n) is 2.41. The highest BCUT2D eigenvalue weighted by Gasteiger charge is 2.25. The zero-order chi connectivity index (χ0) is 12.4. The van der Waals surface area contributed by atoms with Crippen molar-refractivity contribution in [3.05, 3.63) is 71.3 Å². The number of aryl methyl sites for hydroxylation is 1. The van der Waals surface area contributed by atoms with E-state index in [9.17, 15) is 4.79 Å². The van der Waals surface area contributed by atoms with E-state index in [1.807, 2.05) is 36.4 Å². The minimum atomic E-state index is -0.239. The quantitative estimate of drug-likeness (QED) is 0.748. The van der Waals surface area contributed by atoms with E-state index in [-0.39, 0.29) is 12.1 Å². The normalized spacial score (nSPS) is 17.2. The maximum absolute atomic E-state index is 12.0. The molecule has 0 unspecified atom stereocenters. The third-order valence-electron chi connectivity index (χ3n) is 3.34. The van der Waals surface area contributed by atoms with Crippen LogP contribution >= 0.6 is 0 Å². The van der Waals surface area contributed by atoms with Crippen LogP contribution in [0.1, 0.15) is 34.0 Å². The average Bonchev–Trinajstić information content (AvgIpc) is 2.83. The van der Waals surface area contributed by atoms with Gasteiger partial charge in [-0.2, -0.15) is 0 Å². The van der Waals surface area contributed by atoms with Gasteiger partial charge in [0.15, 0.2) is 0 Å². The maximum atomic E-state index is 12.0. The topological polar surface area (TPSA) is 26.3 Å². The van der Waals surface area contributed by atoms with Gasteiger partial charge >= 0.3 is 5.97 Å². The summed E-state index contributed by atoms with van der Waals surface area (Å²) in [6, 6.07) is 17.3. The second-order valence-electron chi connectivity index (χ2n) is 4.50. The van der Waals surface area contributed by atoms with E-state index in [4.69, 9.17) is 4.74 Å². The fraction of sp³-hybridized carbons (Fsp3) is 0.188. The summed E-state index contributed by atoms with van der Waals surface area (Å²) in [4.78, 5) is 12.0. The second kappa shape index (κ2) is 4.65. The van der Waals surface area contributed by atoms with Gasteiger partial charge in [-0.05, 0) is 36.1 Å². The van der Waals surface area contributed by atoms with Gasteiger partial charge in [-0.1, -0.05) is 42.5 Å². The van der Waals surface area contributed by atoms with Crippen LogP contribution in [0.4, 0.5) is 0 Å². The molecule has 0 radical (unpaired) electrons. The molecule has 3 rings (SSSR count). The SMILES string of the molecule is O=C(O[C@@H]1CCc2ccccc21)c1ccccc1. The summed E-state index contributed by atoms with van der Waals surface area (Å²) in [6.45, 7) is 0. The first-order chi connectivity index (χ1) is 8.84. The van der Waals surface area contributed by atoms with Crippen molar-refractivity contribution in [2.45, 2.75) is 18.9 Å². The predicted octanol–water partition coefficient (Wildman–Crippen LogP) is 3.53. The Morgan fingerprint density at radius 1 is 1.00 bits per heavy atom. The first-order valence-electron chi connectivity index (χ1n) is 6.18. The molecule has 0 aromatic heterocycles. The lowest BCUT2D eigenvalue weighted by Gasteiger charge is -2.13. The van der Waals surface area contributed by atoms with Gasteiger partial charge in [-0.15, -0.1) is 0 Å². The molecule has 0 aliphatic heterocycles. The first kappa shape index (κ1) is 11.0. The second-order valence-corrected chi connectivity index (χ2v) is 4.50. The van der Waals surface area contributed by atoms with Crippen molar-refractivity contribution in [2.24, 2.45) is 0 Å². The Morgan fingerprint density at radius 2 is 1.72 bits per heavy atom. The van der Waals surface area contributed by atoms with Crippen LogP contribution in [0, 0.1) is 0 Å². The average molecular weight is 238 g/mol. The number of benzene rings is 2. The highest BCUT2D eigenvalue weighted by Crippen LogP contribution is 2.34. The molecule has 2 heteroatoms. The van der Waals surface area contributed by atoms with E-state index in [0.29, 0.717) is 5.56 Å². The summed E-state index contributed by atoms with van der Waals surface area (Å²) >= 11 is 0. The molecule has 18 heavy (non-hydrogen) atoms. The molecule has 1 atom stereocenters. The standard InChI is InChI=1S/C16H14O2/c17-16(13-7-2-1-3-8-13)18-15-11-10-12-6-4-5-9-14(12)15/h1-9,15H,10-11H2/t15-/m1/s1. The molecule has 0 N–H and O–H groups in total. The predicted molar refractivity (Wildman–Crippen MR) is 69.4 cm³/mol. The highest BCUT2D eigenvalue weighted by molar-refractivity contribution is 5.89. The minimum absolute atomic E-state index is 0.0890. The van der Waals surface area contributed by atoms with Crippen molar-refractivity contribution in [3.8, 4) is 0 Å². The molecule has 0 spiro atoms. The fourth-order valence-corrected chi connectivity index (χ4v) is 2.41. The lowest BCUT2D eigenvalue weighted by atomic mass is 10.1. The Balaban J connectivity index is 1.77. The van der Waals surface area contributed by atoms with Crippen molar-refractivity contribution < 1.29 is 9.53 Å². The van der Waals surface area contributed by atoms with Crippen LogP contribution < -0.4 is 0 Å². The number of hydrogen-bond acceptors (Lipinski definition) is 2. The molecule has 0 heterocycles. The Hall–Kier alpha value is -2.09. The number of fused-ring (bicyclic) bond motifs is 1. The van der Waals surface area contributed by atoms with Crippen LogP contribution in [0.3, 0.4) is 0 Å². The largest absolute Gasteiger partial charge is 0.454 e.